The Balaban J connectivity index is 1.08. The summed E-state index contributed by atoms with van der Waals surface area (Å²) >= 11 is 13.8. The van der Waals surface area contributed by atoms with E-state index in [2.05, 4.69) is 47.9 Å². The van der Waals surface area contributed by atoms with E-state index < -0.39 is 130 Å². The van der Waals surface area contributed by atoms with Crippen LogP contribution in [0.25, 0.3) is 0 Å². The van der Waals surface area contributed by atoms with Crippen molar-refractivity contribution in [3.8, 4) is 69.0 Å². The lowest BCUT2D eigenvalue weighted by Crippen LogP contribution is -2.55. The zero-order valence-electron chi connectivity index (χ0n) is 50.7. The van der Waals surface area contributed by atoms with Gasteiger partial charge in [-0.05, 0) is 156 Å². The first kappa shape index (κ1) is 68.3. The number of hydrogen-bond donors (Lipinski definition) is 18. The third-order valence-corrected chi connectivity index (χ3v) is 16.3. The molecule has 96 heavy (non-hydrogen) atoms. The maximum absolute atomic E-state index is 15.7. The maximum atomic E-state index is 15.7. The monoisotopic (exact) mass is 1360 g/mol. The van der Waals surface area contributed by atoms with Crippen molar-refractivity contribution in [2.75, 3.05) is 39.3 Å². The first-order valence-corrected chi connectivity index (χ1v) is 30.9. The van der Waals surface area contributed by atoms with E-state index in [1.807, 2.05) is 0 Å². The van der Waals surface area contributed by atoms with Crippen LogP contribution in [0.5, 0.6) is 69.0 Å². The number of fused-ring (bicyclic) bond motifs is 15. The summed E-state index contributed by atoms with van der Waals surface area (Å²) in [4.78, 5) is 105. The van der Waals surface area contributed by atoms with Crippen LogP contribution in [-0.2, 0) is 40.0 Å². The highest BCUT2D eigenvalue weighted by molar-refractivity contribution is 6.32. The Bertz CT molecular complexity index is 4110. The Labute approximate surface area is 557 Å². The van der Waals surface area contributed by atoms with Gasteiger partial charge in [-0.2, -0.15) is 0 Å². The van der Waals surface area contributed by atoms with Crippen LogP contribution in [-0.4, -0.2) is 128 Å². The number of phenolic OH excluding ortho intramolecular Hbond substituents is 6. The van der Waals surface area contributed by atoms with Crippen molar-refractivity contribution in [3.63, 3.8) is 0 Å². The van der Waals surface area contributed by atoms with E-state index in [0.29, 0.717) is 38.2 Å². The number of aliphatic hydroxyl groups excluding tert-OH is 1. The molecule has 0 spiro atoms. The minimum Gasteiger partial charge on any atom is -0.508 e. The van der Waals surface area contributed by atoms with Crippen molar-refractivity contribution in [2.45, 2.75) is 67.7 Å². The number of nitrogens with one attached hydrogen (secondary N) is 9. The average Bonchev–Trinajstić information content (AvgIpc) is 0.810. The summed E-state index contributed by atoms with van der Waals surface area (Å²) in [5.74, 6) is -12.7. The summed E-state index contributed by atoms with van der Waals surface area (Å²) in [6.07, 6.45) is -1.22. The second-order valence-electron chi connectivity index (χ2n) is 22.7. The molecule has 5 heterocycles. The van der Waals surface area contributed by atoms with E-state index in [9.17, 15) is 50.1 Å². The lowest BCUT2D eigenvalue weighted by molar-refractivity contribution is -0.137. The fourth-order valence-corrected chi connectivity index (χ4v) is 11.3. The molecule has 0 fully saturated rings. The number of carbonyl (C=O) groups is 7. The van der Waals surface area contributed by atoms with E-state index in [1.54, 1.807) is 0 Å². The number of halogens is 2. The molecule has 13 bridgehead atoms. The number of carbonyl (C=O) groups excluding carboxylic acids is 7. The maximum Gasteiger partial charge on any atom is 0.248 e. The number of benzene rings is 7. The van der Waals surface area contributed by atoms with Crippen molar-refractivity contribution in [2.24, 2.45) is 11.5 Å². The van der Waals surface area contributed by atoms with E-state index in [-0.39, 0.29) is 85.1 Å². The molecule has 5 aliphatic heterocycles. The molecule has 5 aliphatic rings. The predicted octanol–water partition coefficient (Wildman–Crippen LogP) is 3.95. The van der Waals surface area contributed by atoms with Crippen molar-refractivity contribution >= 4 is 64.6 Å². The van der Waals surface area contributed by atoms with Gasteiger partial charge in [0, 0.05) is 38.2 Å². The Hall–Kier alpha value is -10.6. The number of aromatic hydroxyl groups is 6. The minimum atomic E-state index is -2.15. The molecule has 0 aliphatic carbocycles. The highest BCUT2D eigenvalue weighted by atomic mass is 35.5. The molecule has 20 N–H and O–H groups in total. The Kier molecular flexibility index (Phi) is 21.5. The standard InChI is InChI=1S/C66H67Cl2N11O17/c67-43-19-31-3-11-47(43)95-50-27-37-28-51(59(50)86)96-48-12-7-34(25-44(48)68)58(85)57(66(93)77-54(35-21-39(81)29-40(82)22-35)62(89)73-16-2-15-72-18-17-71-14-1-13-69)79-63(90)53(32-4-8-38(80)9-5-32)76-65(92)56(37)78-64(91)55-36-23-41(83)30-42(24-36)94-49-26-33(6-10-46(49)84)52(70)61(88)74-45(20-31)60(87)75-55/h3-12,19,21-30,45,52-58,71-72,80-86H,1-2,13-18,20,69-70H2,(H,73,89)(H,74,88)(H,75,87)(H,76,92)(H,77,93)(H,78,91)(H,79,90)/t45-,52-,53-,54+,55+,56-,57+,58-/m1/s1. The van der Waals surface area contributed by atoms with Gasteiger partial charge < -0.3 is 109 Å². The third kappa shape index (κ3) is 16.3. The lowest BCUT2D eigenvalue weighted by Gasteiger charge is -2.30. The van der Waals surface area contributed by atoms with Gasteiger partial charge in [-0.15, -0.1) is 0 Å². The van der Waals surface area contributed by atoms with Crippen molar-refractivity contribution in [3.05, 3.63) is 176 Å². The van der Waals surface area contributed by atoms with Gasteiger partial charge in [0.05, 0.1) is 10.0 Å². The Morgan fingerprint density at radius 2 is 1.08 bits per heavy atom. The van der Waals surface area contributed by atoms with E-state index in [0.717, 1.165) is 73.6 Å². The first-order chi connectivity index (χ1) is 46.0. The molecule has 28 nitrogen and oxygen atoms in total. The summed E-state index contributed by atoms with van der Waals surface area (Å²) in [6.45, 7) is 3.08. The summed E-state index contributed by atoms with van der Waals surface area (Å²) in [6, 6.07) is 12.2. The zero-order valence-corrected chi connectivity index (χ0v) is 52.2. The third-order valence-electron chi connectivity index (χ3n) is 15.7. The number of nitrogens with two attached hydrogens (primary N) is 2. The van der Waals surface area contributed by atoms with Gasteiger partial charge in [0.1, 0.15) is 88.6 Å². The average molecular weight is 1360 g/mol. The molecule has 0 unspecified atom stereocenters. The molecular weight excluding hydrogens is 1290 g/mol. The summed E-state index contributed by atoms with van der Waals surface area (Å²) in [5.41, 5.74) is 11.5. The summed E-state index contributed by atoms with van der Waals surface area (Å²) < 4.78 is 18.5. The highest BCUT2D eigenvalue weighted by Gasteiger charge is 2.40. The largest absolute Gasteiger partial charge is 0.508 e. The molecule has 502 valence electrons. The minimum absolute atomic E-state index is 0.0604. The molecule has 30 heteroatoms. The lowest BCUT2D eigenvalue weighted by atomic mass is 9.97. The summed E-state index contributed by atoms with van der Waals surface area (Å²) in [7, 11) is 0. The topological polar surface area (TPSA) is 449 Å². The molecule has 7 aromatic rings. The molecule has 0 saturated heterocycles. The van der Waals surface area contributed by atoms with Gasteiger partial charge in [-0.25, -0.2) is 0 Å². The van der Waals surface area contributed by atoms with E-state index in [1.165, 1.54) is 66.7 Å². The van der Waals surface area contributed by atoms with Crippen LogP contribution in [0.2, 0.25) is 10.0 Å². The van der Waals surface area contributed by atoms with Gasteiger partial charge in [-0.3, -0.25) is 33.6 Å². The Morgan fingerprint density at radius 1 is 0.521 bits per heavy atom. The number of aliphatic hydroxyl groups is 1. The molecule has 7 aromatic carbocycles. The summed E-state index contributed by atoms with van der Waals surface area (Å²) in [5, 5.41) is 103. The molecule has 8 atom stereocenters. The van der Waals surface area contributed by atoms with Gasteiger partial charge in [0.2, 0.25) is 47.1 Å². The quantitative estimate of drug-likeness (QED) is 0.0646. The number of ether oxygens (including phenoxy) is 3. The van der Waals surface area contributed by atoms with Crippen LogP contribution >= 0.6 is 23.2 Å². The number of rotatable bonds is 15. The van der Waals surface area contributed by atoms with Gasteiger partial charge in [0.25, 0.3) is 0 Å². The van der Waals surface area contributed by atoms with Gasteiger partial charge in [-0.1, -0.05) is 53.5 Å². The smallest absolute Gasteiger partial charge is 0.248 e. The second-order valence-corrected chi connectivity index (χ2v) is 23.5. The van der Waals surface area contributed by atoms with Crippen molar-refractivity contribution in [1.29, 1.82) is 0 Å². The second kappa shape index (κ2) is 30.2. The molecule has 0 saturated carbocycles. The molecule has 12 rings (SSSR count). The normalized spacial score (nSPS) is 19.8. The predicted molar refractivity (Wildman–Crippen MR) is 345 cm³/mol. The fourth-order valence-electron chi connectivity index (χ4n) is 10.8. The molecule has 0 radical (unpaired) electrons. The number of hydrogen-bond acceptors (Lipinski definition) is 21. The van der Waals surface area contributed by atoms with Crippen LogP contribution < -0.4 is 73.5 Å². The molecule has 0 aromatic heterocycles. The fraction of sp³-hybridized carbons (Fsp3) is 0.258. The SMILES string of the molecule is NCCCNCCNCCCNC(=O)[C@@H](NC(=O)[C@H]1NC(=O)[C@@H](c2ccc(O)cc2)NC(=O)[C@@H]2NC(=O)[C@H]3NC(=O)[C@@H](Cc4ccc(c(Cl)c4)Oc4cc2cc(c4O)Oc2ccc(cc2Cl)[C@H]1O)NC(=O)[C@H](N)c1ccc(O)c(c1)Oc1cc(O)cc3c1)c1cc(O)cc(O)c1. The zero-order chi connectivity index (χ0) is 68.5. The van der Waals surface area contributed by atoms with Gasteiger partial charge in [0.15, 0.2) is 23.0 Å². The first-order valence-electron chi connectivity index (χ1n) is 30.1. The van der Waals surface area contributed by atoms with Crippen molar-refractivity contribution < 1.29 is 83.5 Å². The van der Waals surface area contributed by atoms with E-state index in [4.69, 9.17) is 48.9 Å². The molecule has 7 amide bonds. The van der Waals surface area contributed by atoms with E-state index >= 15 is 19.2 Å². The van der Waals surface area contributed by atoms with Crippen LogP contribution in [0, 0.1) is 0 Å². The highest BCUT2D eigenvalue weighted by Crippen LogP contribution is 2.47. The van der Waals surface area contributed by atoms with Crippen LogP contribution in [0.4, 0.5) is 0 Å². The van der Waals surface area contributed by atoms with Crippen molar-refractivity contribution in [1.82, 2.24) is 47.9 Å². The number of phenols is 6. The van der Waals surface area contributed by atoms with Crippen LogP contribution in [0.15, 0.2) is 127 Å². The van der Waals surface area contributed by atoms with Gasteiger partial charge >= 0.3 is 0 Å². The van der Waals surface area contributed by atoms with Crippen LogP contribution in [0.1, 0.15) is 88.1 Å². The van der Waals surface area contributed by atoms with Crippen LogP contribution in [0.3, 0.4) is 0 Å². The number of amides is 7. The Morgan fingerprint density at radius 3 is 1.73 bits per heavy atom. The molecular formula is C66H67Cl2N11O17.